The molecule has 14 heavy (non-hydrogen) atoms. The highest BCUT2D eigenvalue weighted by Gasteiger charge is 2.07. The van der Waals surface area contributed by atoms with Crippen LogP contribution in [0.3, 0.4) is 0 Å². The lowest BCUT2D eigenvalue weighted by molar-refractivity contribution is 0.359. The number of rotatable bonds is 3. The number of benzene rings is 1. The summed E-state index contributed by atoms with van der Waals surface area (Å²) < 4.78 is 18.0. The Balaban J connectivity index is 2.87. The number of ether oxygens (including phenoxy) is 1. The van der Waals surface area contributed by atoms with Gasteiger partial charge in [0.2, 0.25) is 0 Å². The molecule has 0 atom stereocenters. The molecule has 0 aliphatic carbocycles. The minimum atomic E-state index is -0.577. The lowest BCUT2D eigenvalue weighted by Crippen LogP contribution is -1.99. The smallest absolute Gasteiger partial charge is 0.147 e. The second-order valence-corrected chi connectivity index (χ2v) is 3.55. The van der Waals surface area contributed by atoms with Gasteiger partial charge in [0.25, 0.3) is 0 Å². The molecule has 1 rings (SSSR count). The molecule has 0 saturated heterocycles. The molecule has 0 unspecified atom stereocenters. The zero-order chi connectivity index (χ0) is 10.7. The van der Waals surface area contributed by atoms with Crippen molar-refractivity contribution in [1.82, 2.24) is 0 Å². The van der Waals surface area contributed by atoms with Gasteiger partial charge >= 0.3 is 0 Å². The molecule has 0 heterocycles. The predicted octanol–water partition coefficient (Wildman–Crippen LogP) is 3.19. The molecule has 0 bridgehead atoms. The van der Waals surface area contributed by atoms with E-state index in [1.807, 2.05) is 0 Å². The van der Waals surface area contributed by atoms with Crippen molar-refractivity contribution in [2.75, 3.05) is 12.3 Å². The quantitative estimate of drug-likeness (QED) is 0.818. The lowest BCUT2D eigenvalue weighted by atomic mass is 10.3. The lowest BCUT2D eigenvalue weighted by Gasteiger charge is -2.08. The number of hydrogen-bond acceptors (Lipinski definition) is 2. The summed E-state index contributed by atoms with van der Waals surface area (Å²) in [6, 6.07) is 2.39. The van der Waals surface area contributed by atoms with Crippen LogP contribution in [0.25, 0.3) is 0 Å². The molecule has 0 spiro atoms. The van der Waals surface area contributed by atoms with Crippen molar-refractivity contribution >= 4 is 28.9 Å². The summed E-state index contributed by atoms with van der Waals surface area (Å²) in [5, 5.41) is 0.471. The standard InChI is InChI=1S/C9H8Cl2FNO/c1-5(10)4-14-9-3-8(13)7(12)2-6(9)11/h2-3H,1,4,13H2. The fourth-order valence-corrected chi connectivity index (χ4v) is 1.07. The van der Waals surface area contributed by atoms with E-state index in [0.29, 0.717) is 5.03 Å². The first kappa shape index (κ1) is 11.1. The van der Waals surface area contributed by atoms with Gasteiger partial charge in [-0.05, 0) is 6.07 Å². The third-order valence-electron chi connectivity index (χ3n) is 1.44. The number of halogens is 3. The third-order valence-corrected chi connectivity index (χ3v) is 1.84. The van der Waals surface area contributed by atoms with Crippen LogP contribution < -0.4 is 10.5 Å². The van der Waals surface area contributed by atoms with E-state index in [9.17, 15) is 4.39 Å². The van der Waals surface area contributed by atoms with Crippen LogP contribution in [0.4, 0.5) is 10.1 Å². The minimum absolute atomic E-state index is 0.0235. The first-order valence-electron chi connectivity index (χ1n) is 3.71. The average Bonchev–Trinajstić information content (AvgIpc) is 2.09. The molecule has 2 nitrogen and oxygen atoms in total. The Morgan fingerprint density at radius 1 is 1.57 bits per heavy atom. The molecule has 0 saturated carbocycles. The van der Waals surface area contributed by atoms with Gasteiger partial charge in [-0.2, -0.15) is 0 Å². The van der Waals surface area contributed by atoms with Crippen molar-refractivity contribution in [3.05, 3.63) is 34.6 Å². The highest BCUT2D eigenvalue weighted by molar-refractivity contribution is 6.32. The first-order valence-corrected chi connectivity index (χ1v) is 4.47. The van der Waals surface area contributed by atoms with Crippen molar-refractivity contribution < 1.29 is 9.13 Å². The SMILES string of the molecule is C=C(Cl)COc1cc(N)c(F)cc1Cl. The Bertz CT molecular complexity index is 368. The first-order chi connectivity index (χ1) is 6.50. The fraction of sp³-hybridized carbons (Fsp3) is 0.111. The van der Waals surface area contributed by atoms with E-state index < -0.39 is 5.82 Å². The van der Waals surface area contributed by atoms with Crippen molar-refractivity contribution in [3.8, 4) is 5.75 Å². The van der Waals surface area contributed by atoms with E-state index in [1.165, 1.54) is 6.07 Å². The van der Waals surface area contributed by atoms with Gasteiger partial charge in [0, 0.05) is 11.1 Å². The second-order valence-electron chi connectivity index (χ2n) is 2.61. The van der Waals surface area contributed by atoms with Gasteiger partial charge in [-0.3, -0.25) is 0 Å². The van der Waals surface area contributed by atoms with Crippen molar-refractivity contribution in [2.45, 2.75) is 0 Å². The fourth-order valence-electron chi connectivity index (χ4n) is 0.812. The maximum Gasteiger partial charge on any atom is 0.147 e. The highest BCUT2D eigenvalue weighted by Crippen LogP contribution is 2.29. The van der Waals surface area contributed by atoms with Crippen LogP contribution in [0.15, 0.2) is 23.7 Å². The van der Waals surface area contributed by atoms with Crippen LogP contribution in [0.5, 0.6) is 5.75 Å². The summed E-state index contributed by atoms with van der Waals surface area (Å²) >= 11 is 11.2. The molecule has 1 aromatic rings. The van der Waals surface area contributed by atoms with Gasteiger partial charge < -0.3 is 10.5 Å². The Hall–Kier alpha value is -0.930. The Kier molecular flexibility index (Phi) is 3.61. The molecule has 0 amide bonds. The zero-order valence-electron chi connectivity index (χ0n) is 7.19. The van der Waals surface area contributed by atoms with E-state index >= 15 is 0 Å². The van der Waals surface area contributed by atoms with Gasteiger partial charge in [0.05, 0.1) is 10.7 Å². The molecule has 0 radical (unpaired) electrons. The molecule has 0 aromatic heterocycles. The summed E-state index contributed by atoms with van der Waals surface area (Å²) in [6.45, 7) is 3.54. The van der Waals surface area contributed by atoms with Gasteiger partial charge in [-0.15, -0.1) is 0 Å². The predicted molar refractivity (Wildman–Crippen MR) is 56.3 cm³/mol. The molecule has 0 aliphatic rings. The average molecular weight is 236 g/mol. The maximum absolute atomic E-state index is 12.8. The van der Waals surface area contributed by atoms with E-state index in [-0.39, 0.29) is 23.1 Å². The van der Waals surface area contributed by atoms with Crippen LogP contribution in [-0.2, 0) is 0 Å². The molecule has 2 N–H and O–H groups in total. The van der Waals surface area contributed by atoms with Gasteiger partial charge in [0.1, 0.15) is 18.2 Å². The van der Waals surface area contributed by atoms with Gasteiger partial charge in [0.15, 0.2) is 0 Å². The monoisotopic (exact) mass is 235 g/mol. The van der Waals surface area contributed by atoms with E-state index in [1.54, 1.807) is 0 Å². The third kappa shape index (κ3) is 2.79. The summed E-state index contributed by atoms with van der Waals surface area (Å²) in [4.78, 5) is 0. The van der Waals surface area contributed by atoms with Crippen LogP contribution >= 0.6 is 23.2 Å². The summed E-state index contributed by atoms with van der Waals surface area (Å²) in [6.07, 6.45) is 0. The minimum Gasteiger partial charge on any atom is -0.486 e. The number of anilines is 1. The van der Waals surface area contributed by atoms with Crippen molar-refractivity contribution in [1.29, 1.82) is 0 Å². The van der Waals surface area contributed by atoms with Crippen LogP contribution in [0.1, 0.15) is 0 Å². The van der Waals surface area contributed by atoms with Crippen molar-refractivity contribution in [3.63, 3.8) is 0 Å². The molecule has 0 aliphatic heterocycles. The number of hydrogen-bond donors (Lipinski definition) is 1. The van der Waals surface area contributed by atoms with Crippen LogP contribution in [0, 0.1) is 5.82 Å². The van der Waals surface area contributed by atoms with Gasteiger partial charge in [-0.1, -0.05) is 29.8 Å². The molecular weight excluding hydrogens is 228 g/mol. The summed E-state index contributed by atoms with van der Waals surface area (Å²) in [5.41, 5.74) is 5.30. The largest absolute Gasteiger partial charge is 0.486 e. The molecular formula is C9H8Cl2FNO. The molecule has 0 fully saturated rings. The zero-order valence-corrected chi connectivity index (χ0v) is 8.70. The second kappa shape index (κ2) is 4.53. The van der Waals surface area contributed by atoms with E-state index in [2.05, 4.69) is 6.58 Å². The van der Waals surface area contributed by atoms with Crippen LogP contribution in [0.2, 0.25) is 5.02 Å². The van der Waals surface area contributed by atoms with Crippen LogP contribution in [-0.4, -0.2) is 6.61 Å². The maximum atomic E-state index is 12.8. The summed E-state index contributed by atoms with van der Waals surface area (Å²) in [5.74, 6) is -0.292. The molecule has 5 heteroatoms. The van der Waals surface area contributed by atoms with E-state index in [4.69, 9.17) is 33.7 Å². The highest BCUT2D eigenvalue weighted by atomic mass is 35.5. The normalized spacial score (nSPS) is 9.93. The van der Waals surface area contributed by atoms with Gasteiger partial charge in [-0.25, -0.2) is 4.39 Å². The number of nitrogens with two attached hydrogens (primary N) is 1. The van der Waals surface area contributed by atoms with Crippen molar-refractivity contribution in [2.24, 2.45) is 0 Å². The topological polar surface area (TPSA) is 35.2 Å². The Labute approximate surface area is 91.1 Å². The Morgan fingerprint density at radius 3 is 2.79 bits per heavy atom. The summed E-state index contributed by atoms with van der Waals surface area (Å²) in [7, 11) is 0. The number of nitrogen functional groups attached to an aromatic ring is 1. The molecule has 76 valence electrons. The molecule has 1 aromatic carbocycles. The Morgan fingerprint density at radius 2 is 2.21 bits per heavy atom. The van der Waals surface area contributed by atoms with E-state index in [0.717, 1.165) is 6.07 Å².